The molecular formula is C15H15F3N2O2. The van der Waals surface area contributed by atoms with E-state index in [0.29, 0.717) is 6.42 Å². The Balaban J connectivity index is 2.07. The molecule has 118 valence electrons. The molecule has 0 spiro atoms. The van der Waals surface area contributed by atoms with E-state index < -0.39 is 18.2 Å². The smallest absolute Gasteiger partial charge is 0.414 e. The highest BCUT2D eigenvalue weighted by Crippen LogP contribution is 2.29. The fourth-order valence-corrected chi connectivity index (χ4v) is 2.04. The molecule has 1 heterocycles. The van der Waals surface area contributed by atoms with E-state index in [4.69, 9.17) is 4.74 Å². The van der Waals surface area contributed by atoms with Gasteiger partial charge in [-0.15, -0.1) is 0 Å². The molecule has 4 nitrogen and oxygen atoms in total. The van der Waals surface area contributed by atoms with Crippen molar-refractivity contribution in [3.63, 3.8) is 0 Å². The Kier molecular flexibility index (Phi) is 4.85. The van der Waals surface area contributed by atoms with Crippen LogP contribution in [0.25, 0.3) is 0 Å². The number of ether oxygens (including phenoxy) is 1. The number of rotatable bonds is 4. The number of carbonyl (C=O) groups excluding carboxylic acids is 1. The van der Waals surface area contributed by atoms with Crippen molar-refractivity contribution in [1.82, 2.24) is 5.43 Å². The summed E-state index contributed by atoms with van der Waals surface area (Å²) in [5, 5.41) is 3.50. The molecule has 1 atom stereocenters. The standard InChI is InChI=1S/C15H15F3N2O2/c1-2-6-11-12(19-20-13(11)15(16,17)18)14(21)22-9-10-7-4-3-5-8-10/h3-8,13,20H,2,9H2,1H3/b11-6+. The van der Waals surface area contributed by atoms with E-state index in [-0.39, 0.29) is 17.9 Å². The van der Waals surface area contributed by atoms with Gasteiger partial charge in [0.05, 0.1) is 0 Å². The number of hydrogen-bond acceptors (Lipinski definition) is 4. The number of hydrogen-bond donors (Lipinski definition) is 1. The molecule has 1 aromatic carbocycles. The van der Waals surface area contributed by atoms with Crippen LogP contribution >= 0.6 is 0 Å². The lowest BCUT2D eigenvalue weighted by Gasteiger charge is -2.16. The number of hydrazone groups is 1. The van der Waals surface area contributed by atoms with Crippen molar-refractivity contribution in [3.05, 3.63) is 47.5 Å². The second kappa shape index (κ2) is 6.64. The van der Waals surface area contributed by atoms with E-state index >= 15 is 0 Å². The number of allylic oxidation sites excluding steroid dienone is 1. The molecule has 0 amide bonds. The Morgan fingerprint density at radius 2 is 2.05 bits per heavy atom. The number of carbonyl (C=O) groups is 1. The molecule has 0 radical (unpaired) electrons. The highest BCUT2D eigenvalue weighted by molar-refractivity contribution is 6.44. The summed E-state index contributed by atoms with van der Waals surface area (Å²) >= 11 is 0. The highest BCUT2D eigenvalue weighted by Gasteiger charge is 2.47. The maximum atomic E-state index is 12.9. The summed E-state index contributed by atoms with van der Waals surface area (Å²) in [6, 6.07) is 6.91. The van der Waals surface area contributed by atoms with Gasteiger partial charge in [0.1, 0.15) is 6.61 Å². The van der Waals surface area contributed by atoms with E-state index in [0.717, 1.165) is 5.56 Å². The molecule has 1 aliphatic heterocycles. The number of esters is 1. The molecule has 0 fully saturated rings. The summed E-state index contributed by atoms with van der Waals surface area (Å²) in [4.78, 5) is 12.0. The van der Waals surface area contributed by atoms with Crippen LogP contribution < -0.4 is 5.43 Å². The SMILES string of the molecule is CC/C=C1\C(C(=O)OCc2ccccc2)=NNC1C(F)(F)F. The Hall–Kier alpha value is -2.31. The molecule has 1 unspecified atom stereocenters. The minimum Gasteiger partial charge on any atom is -0.456 e. The molecule has 1 aromatic rings. The van der Waals surface area contributed by atoms with Crippen LogP contribution in [0, 0.1) is 0 Å². The number of nitrogens with one attached hydrogen (secondary N) is 1. The molecule has 0 bridgehead atoms. The van der Waals surface area contributed by atoms with Crippen molar-refractivity contribution in [3.8, 4) is 0 Å². The zero-order valence-electron chi connectivity index (χ0n) is 11.9. The average molecular weight is 312 g/mol. The van der Waals surface area contributed by atoms with Crippen molar-refractivity contribution in [1.29, 1.82) is 0 Å². The Morgan fingerprint density at radius 1 is 1.36 bits per heavy atom. The van der Waals surface area contributed by atoms with Gasteiger partial charge in [0.15, 0.2) is 11.8 Å². The summed E-state index contributed by atoms with van der Waals surface area (Å²) in [7, 11) is 0. The second-order valence-corrected chi connectivity index (χ2v) is 4.69. The summed E-state index contributed by atoms with van der Waals surface area (Å²) < 4.78 is 43.7. The van der Waals surface area contributed by atoms with Crippen LogP contribution in [0.15, 0.2) is 47.1 Å². The molecule has 7 heteroatoms. The van der Waals surface area contributed by atoms with Crippen LogP contribution in [0.4, 0.5) is 13.2 Å². The van der Waals surface area contributed by atoms with Gasteiger partial charge in [0.25, 0.3) is 0 Å². The first-order valence-corrected chi connectivity index (χ1v) is 6.75. The first-order valence-electron chi connectivity index (χ1n) is 6.75. The fourth-order valence-electron chi connectivity index (χ4n) is 2.04. The van der Waals surface area contributed by atoms with Gasteiger partial charge in [-0.1, -0.05) is 43.3 Å². The molecule has 2 rings (SSSR count). The van der Waals surface area contributed by atoms with Crippen LogP contribution in [-0.4, -0.2) is 23.9 Å². The molecular weight excluding hydrogens is 297 g/mol. The first-order chi connectivity index (χ1) is 10.4. The van der Waals surface area contributed by atoms with Crippen molar-refractivity contribution < 1.29 is 22.7 Å². The van der Waals surface area contributed by atoms with Crippen LogP contribution in [0.3, 0.4) is 0 Å². The van der Waals surface area contributed by atoms with E-state index in [1.165, 1.54) is 6.08 Å². The third-order valence-electron chi connectivity index (χ3n) is 3.05. The predicted octanol–water partition coefficient (Wildman–Crippen LogP) is 2.96. The maximum absolute atomic E-state index is 12.9. The third-order valence-corrected chi connectivity index (χ3v) is 3.05. The van der Waals surface area contributed by atoms with Crippen molar-refractivity contribution in [2.24, 2.45) is 5.10 Å². The number of nitrogens with zero attached hydrogens (tertiary/aromatic N) is 1. The lowest BCUT2D eigenvalue weighted by atomic mass is 10.0. The van der Waals surface area contributed by atoms with Gasteiger partial charge < -0.3 is 4.74 Å². The van der Waals surface area contributed by atoms with Crippen LogP contribution in [0.1, 0.15) is 18.9 Å². The summed E-state index contributed by atoms with van der Waals surface area (Å²) in [6.07, 6.45) is -2.83. The van der Waals surface area contributed by atoms with Gasteiger partial charge in [-0.3, -0.25) is 5.43 Å². The first kappa shape index (κ1) is 16.1. The van der Waals surface area contributed by atoms with Crippen molar-refractivity contribution >= 4 is 11.7 Å². The Labute approximate surface area is 125 Å². The molecule has 22 heavy (non-hydrogen) atoms. The zero-order chi connectivity index (χ0) is 16.2. The predicted molar refractivity (Wildman–Crippen MR) is 75.0 cm³/mol. The number of alkyl halides is 3. The maximum Gasteiger partial charge on any atom is 0.414 e. The quantitative estimate of drug-likeness (QED) is 0.870. The molecule has 0 aliphatic carbocycles. The van der Waals surface area contributed by atoms with Crippen LogP contribution in [0.5, 0.6) is 0 Å². The lowest BCUT2D eigenvalue weighted by molar-refractivity contribution is -0.144. The Bertz CT molecular complexity index is 595. The Morgan fingerprint density at radius 3 is 2.64 bits per heavy atom. The minimum absolute atomic E-state index is 0.0191. The van der Waals surface area contributed by atoms with Gasteiger partial charge in [0, 0.05) is 5.57 Å². The molecule has 1 aliphatic rings. The molecule has 1 N–H and O–H groups in total. The monoisotopic (exact) mass is 312 g/mol. The van der Waals surface area contributed by atoms with Crippen molar-refractivity contribution in [2.45, 2.75) is 32.2 Å². The van der Waals surface area contributed by atoms with Crippen molar-refractivity contribution in [2.75, 3.05) is 0 Å². The van der Waals surface area contributed by atoms with Gasteiger partial charge >= 0.3 is 12.1 Å². The average Bonchev–Trinajstić information content (AvgIpc) is 2.90. The van der Waals surface area contributed by atoms with E-state index in [9.17, 15) is 18.0 Å². The number of halogens is 3. The highest BCUT2D eigenvalue weighted by atomic mass is 19.4. The van der Waals surface area contributed by atoms with Gasteiger partial charge in [-0.2, -0.15) is 18.3 Å². The van der Waals surface area contributed by atoms with E-state index in [1.807, 2.05) is 11.5 Å². The normalized spacial score (nSPS) is 19.7. The summed E-state index contributed by atoms with van der Waals surface area (Å²) in [5.41, 5.74) is 2.19. The largest absolute Gasteiger partial charge is 0.456 e. The van der Waals surface area contributed by atoms with E-state index in [2.05, 4.69) is 5.10 Å². The molecule has 0 saturated heterocycles. The topological polar surface area (TPSA) is 50.7 Å². The van der Waals surface area contributed by atoms with Crippen LogP contribution in [-0.2, 0) is 16.1 Å². The van der Waals surface area contributed by atoms with Gasteiger partial charge in [0.2, 0.25) is 0 Å². The zero-order valence-corrected chi connectivity index (χ0v) is 11.9. The van der Waals surface area contributed by atoms with E-state index in [1.54, 1.807) is 31.2 Å². The molecule has 0 aromatic heterocycles. The number of benzene rings is 1. The fraction of sp³-hybridized carbons (Fsp3) is 0.333. The van der Waals surface area contributed by atoms with Crippen LogP contribution in [0.2, 0.25) is 0 Å². The third kappa shape index (κ3) is 3.66. The lowest BCUT2D eigenvalue weighted by Crippen LogP contribution is -2.39. The van der Waals surface area contributed by atoms with Gasteiger partial charge in [-0.05, 0) is 12.0 Å². The second-order valence-electron chi connectivity index (χ2n) is 4.69. The summed E-state index contributed by atoms with van der Waals surface area (Å²) in [5.74, 6) is -0.872. The van der Waals surface area contributed by atoms with Gasteiger partial charge in [-0.25, -0.2) is 4.79 Å². The minimum atomic E-state index is -4.52. The molecule has 0 saturated carbocycles. The summed E-state index contributed by atoms with van der Waals surface area (Å²) in [6.45, 7) is 1.67.